The van der Waals surface area contributed by atoms with Crippen molar-refractivity contribution in [3.8, 4) is 0 Å². The van der Waals surface area contributed by atoms with Gasteiger partial charge in [0, 0.05) is 5.56 Å². The van der Waals surface area contributed by atoms with Crippen molar-refractivity contribution < 1.29 is 4.79 Å². The van der Waals surface area contributed by atoms with E-state index in [9.17, 15) is 4.79 Å². The van der Waals surface area contributed by atoms with Gasteiger partial charge in [0.25, 0.3) is 5.91 Å². The van der Waals surface area contributed by atoms with E-state index in [-0.39, 0.29) is 5.91 Å². The summed E-state index contributed by atoms with van der Waals surface area (Å²) in [6.07, 6.45) is 2.57. The Labute approximate surface area is 120 Å². The average Bonchev–Trinajstić information content (AvgIpc) is 3.20. The van der Waals surface area contributed by atoms with E-state index in [2.05, 4.69) is 20.6 Å². The molecule has 2 aliphatic rings. The fourth-order valence-corrected chi connectivity index (χ4v) is 3.14. The van der Waals surface area contributed by atoms with E-state index in [1.807, 2.05) is 30.3 Å². The Bertz CT molecular complexity index is 966. The molecule has 0 unspecified atom stereocenters. The van der Waals surface area contributed by atoms with Crippen LogP contribution in [0.5, 0.6) is 0 Å². The van der Waals surface area contributed by atoms with Crippen LogP contribution in [0, 0.1) is 0 Å². The predicted molar refractivity (Wildman–Crippen MR) is 80.0 cm³/mol. The minimum absolute atomic E-state index is 0.169. The number of amides is 1. The molecule has 5 rings (SSSR count). The standard InChI is InChI=1S/C17H11N3O/c21-17-11-6-5-10-7-12(10)13(11)9-20-15-4-2-1-3-14(15)19-16(20)8-18-17/h1-6,8H,7,9H2. The van der Waals surface area contributed by atoms with E-state index in [1.165, 1.54) is 11.1 Å². The SMILES string of the molecule is O=C1N=Cc2nc3ccccc3n2Cc2c1ccc1c2C1. The van der Waals surface area contributed by atoms with Crippen LogP contribution in [0.4, 0.5) is 0 Å². The topological polar surface area (TPSA) is 47.2 Å². The molecule has 0 saturated heterocycles. The Kier molecular flexibility index (Phi) is 1.91. The van der Waals surface area contributed by atoms with Gasteiger partial charge in [-0.2, -0.15) is 0 Å². The molecule has 21 heavy (non-hydrogen) atoms. The van der Waals surface area contributed by atoms with Gasteiger partial charge in [0.15, 0.2) is 5.82 Å². The first-order valence-electron chi connectivity index (χ1n) is 6.98. The summed E-state index contributed by atoms with van der Waals surface area (Å²) in [5.41, 5.74) is 6.51. The van der Waals surface area contributed by atoms with E-state index in [0.717, 1.165) is 34.4 Å². The van der Waals surface area contributed by atoms with Crippen molar-refractivity contribution in [1.82, 2.24) is 9.55 Å². The molecule has 1 aliphatic carbocycles. The monoisotopic (exact) mass is 273 g/mol. The zero-order valence-corrected chi connectivity index (χ0v) is 11.2. The lowest BCUT2D eigenvalue weighted by atomic mass is 10.1. The largest absolute Gasteiger partial charge is 0.319 e. The molecule has 1 aromatic heterocycles. The van der Waals surface area contributed by atoms with Gasteiger partial charge in [-0.15, -0.1) is 0 Å². The second-order valence-corrected chi connectivity index (χ2v) is 5.51. The normalized spacial score (nSPS) is 15.1. The van der Waals surface area contributed by atoms with Crippen LogP contribution in [0.15, 0.2) is 41.4 Å². The maximum absolute atomic E-state index is 12.2. The van der Waals surface area contributed by atoms with E-state index in [0.29, 0.717) is 6.54 Å². The molecule has 0 radical (unpaired) electrons. The van der Waals surface area contributed by atoms with Gasteiger partial charge < -0.3 is 4.57 Å². The van der Waals surface area contributed by atoms with Crippen molar-refractivity contribution >= 4 is 23.2 Å². The highest BCUT2D eigenvalue weighted by Crippen LogP contribution is 2.35. The second kappa shape index (κ2) is 3.67. The van der Waals surface area contributed by atoms with E-state index in [4.69, 9.17) is 0 Å². The van der Waals surface area contributed by atoms with Crippen molar-refractivity contribution in [3.05, 3.63) is 64.5 Å². The Morgan fingerprint density at radius 3 is 2.90 bits per heavy atom. The summed E-state index contributed by atoms with van der Waals surface area (Å²) in [5.74, 6) is 0.575. The quantitative estimate of drug-likeness (QED) is 0.494. The molecule has 3 aromatic rings. The van der Waals surface area contributed by atoms with Crippen LogP contribution in [-0.2, 0) is 13.0 Å². The third kappa shape index (κ3) is 1.47. The van der Waals surface area contributed by atoms with Crippen molar-refractivity contribution in [2.45, 2.75) is 13.0 Å². The van der Waals surface area contributed by atoms with Gasteiger partial charge in [0.2, 0.25) is 0 Å². The molecule has 0 atom stereocenters. The van der Waals surface area contributed by atoms with E-state index >= 15 is 0 Å². The highest BCUT2D eigenvalue weighted by atomic mass is 16.1. The number of aliphatic imine (C=N–C) groups is 1. The summed E-state index contributed by atoms with van der Waals surface area (Å²) in [7, 11) is 0. The predicted octanol–water partition coefficient (Wildman–Crippen LogP) is 2.56. The maximum Gasteiger partial charge on any atom is 0.277 e. The van der Waals surface area contributed by atoms with Gasteiger partial charge in [-0.3, -0.25) is 4.79 Å². The van der Waals surface area contributed by atoms with Crippen LogP contribution in [0.3, 0.4) is 0 Å². The zero-order chi connectivity index (χ0) is 14.0. The summed E-state index contributed by atoms with van der Waals surface area (Å²) in [6.45, 7) is 0.687. The van der Waals surface area contributed by atoms with Crippen LogP contribution in [0.1, 0.15) is 32.9 Å². The van der Waals surface area contributed by atoms with Crippen molar-refractivity contribution in [2.24, 2.45) is 4.99 Å². The highest BCUT2D eigenvalue weighted by molar-refractivity contribution is 6.04. The number of rotatable bonds is 0. The fraction of sp³-hybridized carbons (Fsp3) is 0.118. The number of imidazole rings is 1. The van der Waals surface area contributed by atoms with Gasteiger partial charge in [0.1, 0.15) is 0 Å². The third-order valence-corrected chi connectivity index (χ3v) is 4.30. The lowest BCUT2D eigenvalue weighted by Gasteiger charge is -2.12. The number of hydrogen-bond donors (Lipinski definition) is 0. The number of carbonyl (C=O) groups excluding carboxylic acids is 1. The van der Waals surface area contributed by atoms with Crippen molar-refractivity contribution in [1.29, 1.82) is 0 Å². The van der Waals surface area contributed by atoms with Crippen LogP contribution in [-0.4, -0.2) is 21.7 Å². The summed E-state index contributed by atoms with van der Waals surface area (Å²) in [5, 5.41) is 0. The first kappa shape index (κ1) is 11.0. The molecule has 1 amide bonds. The number of hydrogen-bond acceptors (Lipinski definition) is 2. The molecule has 0 bridgehead atoms. The first-order valence-corrected chi connectivity index (χ1v) is 6.98. The number of nitrogens with zero attached hydrogens (tertiary/aromatic N) is 3. The lowest BCUT2D eigenvalue weighted by Crippen LogP contribution is -2.13. The molecule has 100 valence electrons. The van der Waals surface area contributed by atoms with Gasteiger partial charge >= 0.3 is 0 Å². The summed E-state index contributed by atoms with van der Waals surface area (Å²) in [6, 6.07) is 12.0. The molecule has 1 aliphatic heterocycles. The summed E-state index contributed by atoms with van der Waals surface area (Å²) < 4.78 is 2.14. The minimum atomic E-state index is -0.169. The highest BCUT2D eigenvalue weighted by Gasteiger charge is 2.27. The zero-order valence-electron chi connectivity index (χ0n) is 11.2. The number of para-hydroxylation sites is 2. The fourth-order valence-electron chi connectivity index (χ4n) is 3.14. The molecule has 0 saturated carbocycles. The maximum atomic E-state index is 12.2. The van der Waals surface area contributed by atoms with Gasteiger partial charge in [0.05, 0.1) is 23.8 Å². The average molecular weight is 273 g/mol. The molecular formula is C17H11N3O. The van der Waals surface area contributed by atoms with Crippen LogP contribution >= 0.6 is 0 Å². The first-order chi connectivity index (χ1) is 10.3. The second-order valence-electron chi connectivity index (χ2n) is 5.51. The lowest BCUT2D eigenvalue weighted by molar-refractivity contribution is 0.100. The van der Waals surface area contributed by atoms with Crippen molar-refractivity contribution in [3.63, 3.8) is 0 Å². The molecule has 0 fully saturated rings. The molecule has 0 N–H and O–H groups in total. The molecule has 2 heterocycles. The van der Waals surface area contributed by atoms with Crippen LogP contribution < -0.4 is 0 Å². The molecular weight excluding hydrogens is 262 g/mol. The molecule has 2 aromatic carbocycles. The Hall–Kier alpha value is -2.75. The van der Waals surface area contributed by atoms with Crippen LogP contribution in [0.25, 0.3) is 11.0 Å². The van der Waals surface area contributed by atoms with E-state index < -0.39 is 0 Å². The summed E-state index contributed by atoms with van der Waals surface area (Å²) in [4.78, 5) is 20.9. The third-order valence-electron chi connectivity index (χ3n) is 4.30. The molecule has 0 spiro atoms. The Morgan fingerprint density at radius 2 is 1.95 bits per heavy atom. The Balaban J connectivity index is 1.83. The number of fused-ring (bicyclic) bond motifs is 6. The van der Waals surface area contributed by atoms with E-state index in [1.54, 1.807) is 6.21 Å². The smallest absolute Gasteiger partial charge is 0.277 e. The van der Waals surface area contributed by atoms with Gasteiger partial charge in [-0.05, 0) is 41.3 Å². The minimum Gasteiger partial charge on any atom is -0.319 e. The number of carbonyl (C=O) groups is 1. The van der Waals surface area contributed by atoms with Gasteiger partial charge in [-0.25, -0.2) is 9.98 Å². The van der Waals surface area contributed by atoms with Crippen LogP contribution in [0.2, 0.25) is 0 Å². The number of aromatic nitrogens is 2. The Morgan fingerprint density at radius 1 is 1.05 bits per heavy atom. The van der Waals surface area contributed by atoms with Crippen molar-refractivity contribution in [2.75, 3.05) is 0 Å². The molecule has 4 nitrogen and oxygen atoms in total. The molecule has 4 heteroatoms. The summed E-state index contributed by atoms with van der Waals surface area (Å²) >= 11 is 0. The number of benzene rings is 2. The van der Waals surface area contributed by atoms with Gasteiger partial charge in [-0.1, -0.05) is 18.2 Å².